The zero-order valence-electron chi connectivity index (χ0n) is 12.2. The lowest BCUT2D eigenvalue weighted by molar-refractivity contribution is -0.137. The van der Waals surface area contributed by atoms with E-state index in [1.807, 2.05) is 25.1 Å². The smallest absolute Gasteiger partial charge is 0.276 e. The van der Waals surface area contributed by atoms with Crippen LogP contribution in [0.1, 0.15) is 23.3 Å². The number of hydrogen-bond donors (Lipinski definition) is 0. The van der Waals surface area contributed by atoms with E-state index in [1.165, 1.54) is 16.2 Å². The van der Waals surface area contributed by atoms with Crippen molar-refractivity contribution >= 4 is 40.6 Å². The Bertz CT molecular complexity index is 895. The van der Waals surface area contributed by atoms with Crippen molar-refractivity contribution < 1.29 is 13.2 Å². The predicted octanol–water partition coefficient (Wildman–Crippen LogP) is 5.91. The number of fused-ring (bicyclic) bond motifs is 1. The van der Waals surface area contributed by atoms with Gasteiger partial charge in [-0.3, -0.25) is 4.40 Å². The summed E-state index contributed by atoms with van der Waals surface area (Å²) in [6, 6.07) is 8.12. The zero-order valence-corrected chi connectivity index (χ0v) is 14.5. The van der Waals surface area contributed by atoms with Crippen molar-refractivity contribution in [2.75, 3.05) is 0 Å². The van der Waals surface area contributed by atoms with Gasteiger partial charge in [0.15, 0.2) is 10.8 Å². The summed E-state index contributed by atoms with van der Waals surface area (Å²) in [6.07, 6.45) is -3.55. The molecule has 126 valence electrons. The molecule has 0 unspecified atom stereocenters. The molecule has 0 amide bonds. The standard InChI is InChI=1S/C15H10Cl2F3N3S/c1-8(10-4-2-3-5-11(10)16)24-14-22-21-13-12(17)6-9(7-23(13)14)15(18,19)20/h2-8H,1H3/t8-/m1/s1. The van der Waals surface area contributed by atoms with Crippen molar-refractivity contribution in [3.05, 3.63) is 57.7 Å². The van der Waals surface area contributed by atoms with E-state index in [2.05, 4.69) is 10.2 Å². The lowest BCUT2D eigenvalue weighted by Crippen LogP contribution is -2.07. The molecule has 3 rings (SSSR count). The highest BCUT2D eigenvalue weighted by atomic mass is 35.5. The molecule has 2 heterocycles. The Morgan fingerprint density at radius 3 is 2.50 bits per heavy atom. The van der Waals surface area contributed by atoms with E-state index < -0.39 is 11.7 Å². The van der Waals surface area contributed by atoms with Crippen molar-refractivity contribution in [3.63, 3.8) is 0 Å². The van der Waals surface area contributed by atoms with E-state index in [4.69, 9.17) is 23.2 Å². The lowest BCUT2D eigenvalue weighted by Gasteiger charge is -2.13. The number of hydrogen-bond acceptors (Lipinski definition) is 3. The van der Waals surface area contributed by atoms with E-state index in [9.17, 15) is 13.2 Å². The molecule has 24 heavy (non-hydrogen) atoms. The summed E-state index contributed by atoms with van der Waals surface area (Å²) >= 11 is 13.3. The first-order chi connectivity index (χ1) is 11.3. The molecule has 0 fully saturated rings. The normalized spacial score (nSPS) is 13.4. The molecular weight excluding hydrogens is 382 g/mol. The van der Waals surface area contributed by atoms with Crippen LogP contribution in [0.4, 0.5) is 13.2 Å². The van der Waals surface area contributed by atoms with Crippen LogP contribution in [0.2, 0.25) is 10.0 Å². The summed E-state index contributed by atoms with van der Waals surface area (Å²) in [5.41, 5.74) is 0.185. The second kappa shape index (κ2) is 6.46. The number of aromatic nitrogens is 3. The molecule has 0 aliphatic rings. The molecule has 0 aliphatic heterocycles. The summed E-state index contributed by atoms with van der Waals surface area (Å²) in [5.74, 6) is 0. The van der Waals surface area contributed by atoms with Crippen LogP contribution < -0.4 is 0 Å². The zero-order chi connectivity index (χ0) is 17.5. The SMILES string of the molecule is C[C@@H](Sc1nnc2c(Cl)cc(C(F)(F)F)cn12)c1ccccc1Cl. The van der Waals surface area contributed by atoms with Gasteiger partial charge in [0.1, 0.15) is 0 Å². The lowest BCUT2D eigenvalue weighted by atomic mass is 10.2. The summed E-state index contributed by atoms with van der Waals surface area (Å²) < 4.78 is 40.2. The number of halogens is 5. The van der Waals surface area contributed by atoms with Gasteiger partial charge in [-0.1, -0.05) is 53.2 Å². The largest absolute Gasteiger partial charge is 0.417 e. The summed E-state index contributed by atoms with van der Waals surface area (Å²) in [7, 11) is 0. The minimum atomic E-state index is -4.50. The Morgan fingerprint density at radius 2 is 1.83 bits per heavy atom. The van der Waals surface area contributed by atoms with E-state index in [1.54, 1.807) is 6.07 Å². The molecule has 0 bridgehead atoms. The van der Waals surface area contributed by atoms with Crippen LogP contribution in [0.5, 0.6) is 0 Å². The van der Waals surface area contributed by atoms with Crippen LogP contribution in [-0.2, 0) is 6.18 Å². The van der Waals surface area contributed by atoms with Crippen LogP contribution in [-0.4, -0.2) is 14.6 Å². The van der Waals surface area contributed by atoms with E-state index in [0.717, 1.165) is 17.8 Å². The summed E-state index contributed by atoms with van der Waals surface area (Å²) in [6.45, 7) is 1.89. The van der Waals surface area contributed by atoms with Gasteiger partial charge in [-0.15, -0.1) is 10.2 Å². The quantitative estimate of drug-likeness (QED) is 0.520. The number of pyridine rings is 1. The molecule has 3 nitrogen and oxygen atoms in total. The molecule has 9 heteroatoms. The Kier molecular flexibility index (Phi) is 4.68. The molecule has 2 aromatic heterocycles. The van der Waals surface area contributed by atoms with Gasteiger partial charge in [0.2, 0.25) is 0 Å². The first-order valence-corrected chi connectivity index (χ1v) is 8.43. The minimum Gasteiger partial charge on any atom is -0.276 e. The minimum absolute atomic E-state index is 0.102. The molecule has 0 spiro atoms. The second-order valence-corrected chi connectivity index (χ2v) is 7.15. The molecule has 0 aliphatic carbocycles. The van der Waals surface area contributed by atoms with Crippen LogP contribution in [0.3, 0.4) is 0 Å². The highest BCUT2D eigenvalue weighted by molar-refractivity contribution is 7.99. The molecule has 1 aromatic carbocycles. The van der Waals surface area contributed by atoms with Gasteiger partial charge in [-0.05, 0) is 24.6 Å². The molecule has 3 aromatic rings. The fourth-order valence-corrected chi connectivity index (χ4v) is 3.80. The number of nitrogens with zero attached hydrogens (tertiary/aromatic N) is 3. The third-order valence-corrected chi connectivity index (χ3v) is 5.10. The third kappa shape index (κ3) is 3.34. The average molecular weight is 392 g/mol. The topological polar surface area (TPSA) is 30.2 Å². The average Bonchev–Trinajstić information content (AvgIpc) is 2.90. The molecule has 0 saturated carbocycles. The van der Waals surface area contributed by atoms with Crippen LogP contribution >= 0.6 is 35.0 Å². The van der Waals surface area contributed by atoms with E-state index in [-0.39, 0.29) is 15.9 Å². The summed E-state index contributed by atoms with van der Waals surface area (Å²) in [4.78, 5) is 0. The molecule has 0 radical (unpaired) electrons. The van der Waals surface area contributed by atoms with Gasteiger partial charge >= 0.3 is 6.18 Å². The second-order valence-electron chi connectivity index (χ2n) is 5.03. The maximum absolute atomic E-state index is 13.0. The van der Waals surface area contributed by atoms with Crippen molar-refractivity contribution in [3.8, 4) is 0 Å². The van der Waals surface area contributed by atoms with Gasteiger partial charge < -0.3 is 0 Å². The van der Waals surface area contributed by atoms with Crippen LogP contribution in [0, 0.1) is 0 Å². The van der Waals surface area contributed by atoms with Gasteiger partial charge in [0.05, 0.1) is 10.6 Å². The number of thioether (sulfide) groups is 1. The molecule has 1 atom stereocenters. The molecule has 0 saturated heterocycles. The van der Waals surface area contributed by atoms with Gasteiger partial charge in [0.25, 0.3) is 0 Å². The number of benzene rings is 1. The van der Waals surface area contributed by atoms with Crippen LogP contribution in [0.15, 0.2) is 41.7 Å². The Balaban J connectivity index is 2.01. The Labute approximate surface area is 149 Å². The van der Waals surface area contributed by atoms with Crippen molar-refractivity contribution in [1.29, 1.82) is 0 Å². The summed E-state index contributed by atoms with van der Waals surface area (Å²) in [5, 5.41) is 8.49. The van der Waals surface area contributed by atoms with E-state index >= 15 is 0 Å². The monoisotopic (exact) mass is 391 g/mol. The number of rotatable bonds is 3. The Morgan fingerprint density at radius 1 is 1.12 bits per heavy atom. The van der Waals surface area contributed by atoms with Crippen molar-refractivity contribution in [1.82, 2.24) is 14.6 Å². The van der Waals surface area contributed by atoms with Crippen molar-refractivity contribution in [2.45, 2.75) is 23.5 Å². The fourth-order valence-electron chi connectivity index (χ4n) is 2.20. The first-order valence-electron chi connectivity index (χ1n) is 6.80. The predicted molar refractivity (Wildman–Crippen MR) is 88.7 cm³/mol. The van der Waals surface area contributed by atoms with Gasteiger partial charge in [0, 0.05) is 16.5 Å². The van der Waals surface area contributed by atoms with E-state index in [0.29, 0.717) is 10.2 Å². The molecular formula is C15H10Cl2F3N3S. The third-order valence-electron chi connectivity index (χ3n) is 3.38. The van der Waals surface area contributed by atoms with Crippen molar-refractivity contribution in [2.24, 2.45) is 0 Å². The van der Waals surface area contributed by atoms with Crippen LogP contribution in [0.25, 0.3) is 5.65 Å². The maximum Gasteiger partial charge on any atom is 0.417 e. The highest BCUT2D eigenvalue weighted by Gasteiger charge is 2.32. The highest BCUT2D eigenvalue weighted by Crippen LogP contribution is 2.39. The number of alkyl halides is 3. The Hall–Kier alpha value is -1.44. The fraction of sp³-hybridized carbons (Fsp3) is 0.200. The maximum atomic E-state index is 13.0. The first kappa shape index (κ1) is 17.4. The molecule has 0 N–H and O–H groups in total. The van der Waals surface area contributed by atoms with Gasteiger partial charge in [-0.2, -0.15) is 13.2 Å². The van der Waals surface area contributed by atoms with Gasteiger partial charge in [-0.25, -0.2) is 0 Å².